The van der Waals surface area contributed by atoms with Crippen molar-refractivity contribution in [2.24, 2.45) is 0 Å². The van der Waals surface area contributed by atoms with Gasteiger partial charge in [-0.15, -0.1) is 0 Å². The van der Waals surface area contributed by atoms with Gasteiger partial charge in [-0.25, -0.2) is 0 Å². The standard InChI is InChI=1S/C15H23N3O2/c1-12-11-18(5-4-17-6-8-19-9-7-17)14-3-2-13(16)10-15(14)20-12/h2-3,10,12H,4-9,11,16H2,1H3. The normalized spacial score (nSPS) is 23.2. The fourth-order valence-electron chi connectivity index (χ4n) is 2.85. The van der Waals surface area contributed by atoms with E-state index >= 15 is 0 Å². The first-order valence-electron chi connectivity index (χ1n) is 7.33. The van der Waals surface area contributed by atoms with Crippen molar-refractivity contribution in [3.8, 4) is 5.75 Å². The minimum absolute atomic E-state index is 0.203. The van der Waals surface area contributed by atoms with Crippen molar-refractivity contribution in [2.75, 3.05) is 56.6 Å². The van der Waals surface area contributed by atoms with E-state index in [1.165, 1.54) is 0 Å². The first-order chi connectivity index (χ1) is 9.72. The quantitative estimate of drug-likeness (QED) is 0.841. The van der Waals surface area contributed by atoms with Gasteiger partial charge < -0.3 is 20.1 Å². The van der Waals surface area contributed by atoms with Crippen LogP contribution < -0.4 is 15.4 Å². The predicted molar refractivity (Wildman–Crippen MR) is 80.4 cm³/mol. The molecule has 2 aliphatic rings. The van der Waals surface area contributed by atoms with E-state index in [1.54, 1.807) is 0 Å². The van der Waals surface area contributed by atoms with Gasteiger partial charge in [0.25, 0.3) is 0 Å². The summed E-state index contributed by atoms with van der Waals surface area (Å²) in [6, 6.07) is 5.93. The number of nitrogens with two attached hydrogens (primary N) is 1. The van der Waals surface area contributed by atoms with Crippen LogP contribution in [0.15, 0.2) is 18.2 Å². The molecule has 110 valence electrons. The molecule has 1 atom stereocenters. The Balaban J connectivity index is 1.67. The Bertz CT molecular complexity index is 460. The highest BCUT2D eigenvalue weighted by Gasteiger charge is 2.23. The maximum absolute atomic E-state index is 5.88. The van der Waals surface area contributed by atoms with Gasteiger partial charge in [0.2, 0.25) is 0 Å². The van der Waals surface area contributed by atoms with Crippen LogP contribution in [0.25, 0.3) is 0 Å². The Morgan fingerprint density at radius 3 is 2.85 bits per heavy atom. The third-order valence-corrected chi connectivity index (χ3v) is 3.92. The topological polar surface area (TPSA) is 51.0 Å². The lowest BCUT2D eigenvalue weighted by Gasteiger charge is -2.37. The van der Waals surface area contributed by atoms with E-state index in [0.717, 1.165) is 63.1 Å². The van der Waals surface area contributed by atoms with E-state index in [2.05, 4.69) is 22.8 Å². The summed E-state index contributed by atoms with van der Waals surface area (Å²) in [7, 11) is 0. The first kappa shape index (κ1) is 13.5. The zero-order valence-electron chi connectivity index (χ0n) is 12.0. The van der Waals surface area contributed by atoms with E-state index in [4.69, 9.17) is 15.2 Å². The van der Waals surface area contributed by atoms with Crippen molar-refractivity contribution in [2.45, 2.75) is 13.0 Å². The van der Waals surface area contributed by atoms with Gasteiger partial charge in [-0.1, -0.05) is 0 Å². The molecule has 0 spiro atoms. The van der Waals surface area contributed by atoms with Gasteiger partial charge in [0, 0.05) is 37.9 Å². The molecule has 3 rings (SSSR count). The summed E-state index contributed by atoms with van der Waals surface area (Å²) in [6.45, 7) is 8.90. The van der Waals surface area contributed by atoms with Crippen LogP contribution in [0.5, 0.6) is 5.75 Å². The summed E-state index contributed by atoms with van der Waals surface area (Å²) in [5.74, 6) is 0.908. The van der Waals surface area contributed by atoms with Crippen molar-refractivity contribution >= 4 is 11.4 Å². The summed E-state index contributed by atoms with van der Waals surface area (Å²) in [6.07, 6.45) is 0.203. The highest BCUT2D eigenvalue weighted by atomic mass is 16.5. The second kappa shape index (κ2) is 5.89. The SMILES string of the molecule is CC1CN(CCN2CCOCC2)c2ccc(N)cc2O1. The third-order valence-electron chi connectivity index (χ3n) is 3.92. The number of anilines is 2. The molecular weight excluding hydrogens is 254 g/mol. The first-order valence-corrected chi connectivity index (χ1v) is 7.33. The number of hydrogen-bond acceptors (Lipinski definition) is 5. The average molecular weight is 277 g/mol. The predicted octanol–water partition coefficient (Wildman–Crippen LogP) is 1.19. The molecule has 2 heterocycles. The third kappa shape index (κ3) is 2.99. The minimum Gasteiger partial charge on any atom is -0.487 e. The van der Waals surface area contributed by atoms with Gasteiger partial charge in [0.1, 0.15) is 11.9 Å². The molecule has 0 bridgehead atoms. The number of benzene rings is 1. The Morgan fingerprint density at radius 1 is 1.25 bits per heavy atom. The van der Waals surface area contributed by atoms with Gasteiger partial charge in [-0.05, 0) is 19.1 Å². The number of hydrogen-bond donors (Lipinski definition) is 1. The molecule has 2 aliphatic heterocycles. The Kier molecular flexibility index (Phi) is 3.98. The molecule has 5 heteroatoms. The lowest BCUT2D eigenvalue weighted by Crippen LogP contribution is -2.45. The zero-order chi connectivity index (χ0) is 13.9. The van der Waals surface area contributed by atoms with Crippen molar-refractivity contribution in [3.05, 3.63) is 18.2 Å². The Hall–Kier alpha value is -1.46. The molecule has 20 heavy (non-hydrogen) atoms. The fourth-order valence-corrected chi connectivity index (χ4v) is 2.85. The molecule has 0 amide bonds. The molecule has 0 saturated carbocycles. The lowest BCUT2D eigenvalue weighted by atomic mass is 10.2. The Labute approximate surface area is 120 Å². The van der Waals surface area contributed by atoms with Crippen molar-refractivity contribution in [1.29, 1.82) is 0 Å². The lowest BCUT2D eigenvalue weighted by molar-refractivity contribution is 0.0388. The summed E-state index contributed by atoms with van der Waals surface area (Å²) in [5, 5.41) is 0. The van der Waals surface area contributed by atoms with Crippen LogP contribution >= 0.6 is 0 Å². The highest BCUT2D eigenvalue weighted by molar-refractivity contribution is 5.65. The maximum atomic E-state index is 5.88. The number of ether oxygens (including phenoxy) is 2. The zero-order valence-corrected chi connectivity index (χ0v) is 12.0. The van der Waals surface area contributed by atoms with E-state index in [9.17, 15) is 0 Å². The summed E-state index contributed by atoms with van der Waals surface area (Å²) >= 11 is 0. The van der Waals surface area contributed by atoms with E-state index in [-0.39, 0.29) is 6.10 Å². The highest BCUT2D eigenvalue weighted by Crippen LogP contribution is 2.34. The van der Waals surface area contributed by atoms with Crippen molar-refractivity contribution in [1.82, 2.24) is 4.90 Å². The Morgan fingerprint density at radius 2 is 2.05 bits per heavy atom. The number of nitrogens with zero attached hydrogens (tertiary/aromatic N) is 2. The van der Waals surface area contributed by atoms with Crippen LogP contribution in [0.2, 0.25) is 0 Å². The van der Waals surface area contributed by atoms with E-state index < -0.39 is 0 Å². The van der Waals surface area contributed by atoms with E-state index in [0.29, 0.717) is 0 Å². The molecule has 0 aliphatic carbocycles. The monoisotopic (exact) mass is 277 g/mol. The van der Waals surface area contributed by atoms with Crippen molar-refractivity contribution < 1.29 is 9.47 Å². The maximum Gasteiger partial charge on any atom is 0.145 e. The van der Waals surface area contributed by atoms with Crippen LogP contribution in [0, 0.1) is 0 Å². The molecule has 1 saturated heterocycles. The molecule has 1 fully saturated rings. The molecule has 1 aromatic carbocycles. The van der Waals surface area contributed by atoms with Crippen LogP contribution in [0.4, 0.5) is 11.4 Å². The van der Waals surface area contributed by atoms with Gasteiger partial charge >= 0.3 is 0 Å². The summed E-state index contributed by atoms with van der Waals surface area (Å²) in [4.78, 5) is 4.86. The van der Waals surface area contributed by atoms with E-state index in [1.807, 2.05) is 12.1 Å². The second-order valence-electron chi connectivity index (χ2n) is 5.56. The molecule has 1 aromatic rings. The molecular formula is C15H23N3O2. The molecule has 1 unspecified atom stereocenters. The number of morpholine rings is 1. The van der Waals surface area contributed by atoms with Crippen LogP contribution in [-0.4, -0.2) is 56.9 Å². The summed E-state index contributed by atoms with van der Waals surface area (Å²) in [5.41, 5.74) is 7.76. The average Bonchev–Trinajstić information content (AvgIpc) is 2.45. The largest absolute Gasteiger partial charge is 0.487 e. The minimum atomic E-state index is 0.203. The van der Waals surface area contributed by atoms with Gasteiger partial charge in [0.15, 0.2) is 0 Å². The molecule has 2 N–H and O–H groups in total. The summed E-state index contributed by atoms with van der Waals surface area (Å²) < 4.78 is 11.3. The fraction of sp³-hybridized carbons (Fsp3) is 0.600. The smallest absolute Gasteiger partial charge is 0.145 e. The number of rotatable bonds is 3. The number of nitrogen functional groups attached to an aromatic ring is 1. The van der Waals surface area contributed by atoms with Gasteiger partial charge in [-0.3, -0.25) is 4.90 Å². The molecule has 5 nitrogen and oxygen atoms in total. The van der Waals surface area contributed by atoms with Crippen molar-refractivity contribution in [3.63, 3.8) is 0 Å². The van der Waals surface area contributed by atoms with Gasteiger partial charge in [-0.2, -0.15) is 0 Å². The van der Waals surface area contributed by atoms with Crippen LogP contribution in [-0.2, 0) is 4.74 Å². The van der Waals surface area contributed by atoms with Crippen LogP contribution in [0.3, 0.4) is 0 Å². The molecule has 0 radical (unpaired) electrons. The van der Waals surface area contributed by atoms with Crippen LogP contribution in [0.1, 0.15) is 6.92 Å². The number of fused-ring (bicyclic) bond motifs is 1. The second-order valence-corrected chi connectivity index (χ2v) is 5.56. The van der Waals surface area contributed by atoms with Gasteiger partial charge in [0.05, 0.1) is 25.4 Å². The molecule has 0 aromatic heterocycles.